The van der Waals surface area contributed by atoms with Gasteiger partial charge in [0.25, 0.3) is 10.0 Å². The molecule has 0 fully saturated rings. The summed E-state index contributed by atoms with van der Waals surface area (Å²) in [6.07, 6.45) is 0.166. The Labute approximate surface area is 264 Å². The largest absolute Gasteiger partial charge is 0.497 e. The summed E-state index contributed by atoms with van der Waals surface area (Å²) in [5, 5.41) is 2.91. The Balaban J connectivity index is 1.82. The summed E-state index contributed by atoms with van der Waals surface area (Å²) in [7, 11) is -2.88. The number of rotatable bonds is 13. The van der Waals surface area contributed by atoms with Gasteiger partial charge < -0.3 is 15.0 Å². The molecule has 0 radical (unpaired) electrons. The van der Waals surface area contributed by atoms with Gasteiger partial charge >= 0.3 is 0 Å². The van der Waals surface area contributed by atoms with Gasteiger partial charge in [-0.2, -0.15) is 0 Å². The summed E-state index contributed by atoms with van der Waals surface area (Å²) < 4.78 is 49.4. The van der Waals surface area contributed by atoms with Crippen LogP contribution in [-0.4, -0.2) is 50.9 Å². The van der Waals surface area contributed by atoms with Crippen molar-refractivity contribution < 1.29 is 27.1 Å². The summed E-state index contributed by atoms with van der Waals surface area (Å²) in [5.41, 5.74) is 2.03. The average Bonchev–Trinajstić information content (AvgIpc) is 3.02. The number of nitrogens with zero attached hydrogens (tertiary/aromatic N) is 2. The lowest BCUT2D eigenvalue weighted by atomic mass is 10.0. The van der Waals surface area contributed by atoms with Gasteiger partial charge in [0, 0.05) is 19.0 Å². The van der Waals surface area contributed by atoms with Crippen LogP contribution in [0.2, 0.25) is 0 Å². The number of sulfonamides is 1. The third kappa shape index (κ3) is 8.48. The van der Waals surface area contributed by atoms with E-state index in [1.54, 1.807) is 36.4 Å². The van der Waals surface area contributed by atoms with Crippen molar-refractivity contribution in [2.75, 3.05) is 18.0 Å². The van der Waals surface area contributed by atoms with Gasteiger partial charge in [-0.25, -0.2) is 12.8 Å². The minimum Gasteiger partial charge on any atom is -0.497 e. The van der Waals surface area contributed by atoms with E-state index < -0.39 is 40.2 Å². The van der Waals surface area contributed by atoms with Crippen LogP contribution in [0.15, 0.2) is 108 Å². The second-order valence-electron chi connectivity index (χ2n) is 11.0. The van der Waals surface area contributed by atoms with Gasteiger partial charge in [-0.3, -0.25) is 13.9 Å². The molecule has 10 heteroatoms. The lowest BCUT2D eigenvalue weighted by Crippen LogP contribution is -2.54. The first-order valence-electron chi connectivity index (χ1n) is 14.6. The monoisotopic (exact) mass is 631 g/mol. The van der Waals surface area contributed by atoms with Crippen LogP contribution in [0.25, 0.3) is 0 Å². The average molecular weight is 632 g/mol. The highest BCUT2D eigenvalue weighted by molar-refractivity contribution is 7.92. The van der Waals surface area contributed by atoms with Gasteiger partial charge in [0.1, 0.15) is 24.2 Å². The van der Waals surface area contributed by atoms with E-state index >= 15 is 4.39 Å². The Hall–Kier alpha value is -4.70. The molecule has 45 heavy (non-hydrogen) atoms. The van der Waals surface area contributed by atoms with Gasteiger partial charge in [-0.1, -0.05) is 72.3 Å². The topological polar surface area (TPSA) is 96.0 Å². The number of carbonyl (C=O) groups is 2. The van der Waals surface area contributed by atoms with Crippen LogP contribution in [0.5, 0.6) is 5.75 Å². The normalized spacial score (nSPS) is 12.0. The zero-order valence-electron chi connectivity index (χ0n) is 25.8. The van der Waals surface area contributed by atoms with E-state index in [2.05, 4.69) is 5.32 Å². The third-order valence-electron chi connectivity index (χ3n) is 7.20. The molecule has 0 spiro atoms. The Kier molecular flexibility index (Phi) is 11.0. The highest BCUT2D eigenvalue weighted by atomic mass is 32.2. The van der Waals surface area contributed by atoms with Gasteiger partial charge in [-0.15, -0.1) is 0 Å². The molecule has 236 valence electrons. The predicted octanol–water partition coefficient (Wildman–Crippen LogP) is 5.50. The van der Waals surface area contributed by atoms with Crippen LogP contribution in [-0.2, 0) is 32.6 Å². The Bertz CT molecular complexity index is 1710. The first-order valence-corrected chi connectivity index (χ1v) is 16.0. The molecule has 0 aliphatic heterocycles. The Morgan fingerprint density at radius 3 is 2.16 bits per heavy atom. The van der Waals surface area contributed by atoms with Gasteiger partial charge in [0.2, 0.25) is 11.8 Å². The molecule has 4 aromatic rings. The zero-order chi connectivity index (χ0) is 32.6. The molecule has 2 amide bonds. The number of para-hydroxylation sites is 1. The van der Waals surface area contributed by atoms with E-state index in [-0.39, 0.29) is 29.6 Å². The fraction of sp³-hybridized carbons (Fsp3) is 0.257. The number of hydrogen-bond acceptors (Lipinski definition) is 5. The van der Waals surface area contributed by atoms with Crippen molar-refractivity contribution in [3.63, 3.8) is 0 Å². The van der Waals surface area contributed by atoms with Crippen LogP contribution >= 0.6 is 0 Å². The van der Waals surface area contributed by atoms with Crippen molar-refractivity contribution in [3.05, 3.63) is 126 Å². The summed E-state index contributed by atoms with van der Waals surface area (Å²) in [6, 6.07) is 26.6. The number of benzene rings is 4. The molecule has 4 rings (SSSR count). The first kappa shape index (κ1) is 33.2. The standard InChI is InChI=1S/C35H38FN3O5S/c1-25(2)37-35(41)33(22-27-11-6-5-7-12-27)38(23-28-13-10-14-29(21-28)44-4)34(40)24-39(32-16-9-8-15-31(32)36)45(42,43)30-19-17-26(3)18-20-30/h5-21,25,33H,22-24H2,1-4H3,(H,37,41)/t33-/m1/s1. The summed E-state index contributed by atoms with van der Waals surface area (Å²) in [5.74, 6) is -1.33. The van der Waals surface area contributed by atoms with Crippen LogP contribution in [0, 0.1) is 12.7 Å². The molecule has 1 atom stereocenters. The molecule has 0 aromatic heterocycles. The van der Waals surface area contributed by atoms with Gasteiger partial charge in [0.15, 0.2) is 0 Å². The molecule has 0 unspecified atom stereocenters. The second-order valence-corrected chi connectivity index (χ2v) is 12.9. The number of nitrogens with one attached hydrogen (secondary N) is 1. The number of hydrogen-bond donors (Lipinski definition) is 1. The molecule has 0 saturated carbocycles. The minimum atomic E-state index is -4.40. The number of carbonyl (C=O) groups excluding carboxylic acids is 2. The van der Waals surface area contributed by atoms with Gasteiger partial charge in [0.05, 0.1) is 17.7 Å². The van der Waals surface area contributed by atoms with E-state index in [0.29, 0.717) is 11.3 Å². The fourth-order valence-electron chi connectivity index (χ4n) is 4.91. The van der Waals surface area contributed by atoms with Crippen molar-refractivity contribution in [1.29, 1.82) is 0 Å². The van der Waals surface area contributed by atoms with E-state index in [4.69, 9.17) is 4.74 Å². The highest BCUT2D eigenvalue weighted by Crippen LogP contribution is 2.28. The zero-order valence-corrected chi connectivity index (χ0v) is 26.6. The number of halogens is 1. The summed E-state index contributed by atoms with van der Waals surface area (Å²) >= 11 is 0. The van der Waals surface area contributed by atoms with E-state index in [0.717, 1.165) is 21.5 Å². The molecule has 0 heterocycles. The van der Waals surface area contributed by atoms with Crippen molar-refractivity contribution in [2.24, 2.45) is 0 Å². The molecule has 0 bridgehead atoms. The quantitative estimate of drug-likeness (QED) is 0.210. The maximum atomic E-state index is 15.2. The maximum Gasteiger partial charge on any atom is 0.264 e. The molecule has 8 nitrogen and oxygen atoms in total. The fourth-order valence-corrected chi connectivity index (χ4v) is 6.33. The van der Waals surface area contributed by atoms with E-state index in [1.807, 2.05) is 51.1 Å². The third-order valence-corrected chi connectivity index (χ3v) is 8.97. The second kappa shape index (κ2) is 14.9. The van der Waals surface area contributed by atoms with Crippen LogP contribution in [0.4, 0.5) is 10.1 Å². The molecular weight excluding hydrogens is 593 g/mol. The molecule has 0 aliphatic rings. The first-order chi connectivity index (χ1) is 21.5. The van der Waals surface area contributed by atoms with Gasteiger partial charge in [-0.05, 0) is 68.3 Å². The summed E-state index contributed by atoms with van der Waals surface area (Å²) in [6.45, 7) is 4.68. The number of aryl methyl sites for hydroxylation is 1. The van der Waals surface area contributed by atoms with Crippen molar-refractivity contribution in [2.45, 2.75) is 50.7 Å². The lowest BCUT2D eigenvalue weighted by Gasteiger charge is -2.34. The van der Waals surface area contributed by atoms with Crippen LogP contribution in [0.1, 0.15) is 30.5 Å². The Morgan fingerprint density at radius 2 is 1.51 bits per heavy atom. The number of methoxy groups -OCH3 is 1. The number of ether oxygens (including phenoxy) is 1. The maximum absolute atomic E-state index is 15.2. The smallest absolute Gasteiger partial charge is 0.264 e. The van der Waals surface area contributed by atoms with Crippen molar-refractivity contribution in [3.8, 4) is 5.75 Å². The molecule has 0 saturated heterocycles. The summed E-state index contributed by atoms with van der Waals surface area (Å²) in [4.78, 5) is 29.5. The Morgan fingerprint density at radius 1 is 0.867 bits per heavy atom. The lowest BCUT2D eigenvalue weighted by molar-refractivity contribution is -0.140. The van der Waals surface area contributed by atoms with Crippen molar-refractivity contribution >= 4 is 27.5 Å². The van der Waals surface area contributed by atoms with Crippen LogP contribution in [0.3, 0.4) is 0 Å². The van der Waals surface area contributed by atoms with E-state index in [1.165, 1.54) is 42.3 Å². The van der Waals surface area contributed by atoms with E-state index in [9.17, 15) is 18.0 Å². The van der Waals surface area contributed by atoms with Crippen molar-refractivity contribution in [1.82, 2.24) is 10.2 Å². The molecule has 1 N–H and O–H groups in total. The highest BCUT2D eigenvalue weighted by Gasteiger charge is 2.35. The molecular formula is C35H38FN3O5S. The minimum absolute atomic E-state index is 0.0330. The molecule has 0 aliphatic carbocycles. The van der Waals surface area contributed by atoms with Crippen LogP contribution < -0.4 is 14.4 Å². The SMILES string of the molecule is COc1cccc(CN(C(=O)CN(c2ccccc2F)S(=O)(=O)c2ccc(C)cc2)[C@H](Cc2ccccc2)C(=O)NC(C)C)c1. The predicted molar refractivity (Wildman–Crippen MR) is 173 cm³/mol. The number of amides is 2. The molecule has 4 aromatic carbocycles. The number of anilines is 1.